The molecule has 0 amide bonds. The quantitative estimate of drug-likeness (QED) is 0.376. The van der Waals surface area contributed by atoms with E-state index in [0.717, 1.165) is 16.8 Å². The largest absolute Gasteiger partial charge is 0.368 e. The highest BCUT2D eigenvalue weighted by Gasteiger charge is 2.30. The van der Waals surface area contributed by atoms with Crippen LogP contribution in [0.1, 0.15) is 31.1 Å². The number of hydrogen-bond acceptors (Lipinski definition) is 9. The Bertz CT molecular complexity index is 988. The molecule has 0 unspecified atom stereocenters. The molecule has 0 aliphatic heterocycles. The molecule has 0 atom stereocenters. The Morgan fingerprint density at radius 2 is 1.89 bits per heavy atom. The SMILES string of the molecule is C=C/C(=C\N(C)N)c1nc(C(C)(C)c2ccc(-c3cnc(N)nc3)nc2)no1. The summed E-state index contributed by atoms with van der Waals surface area (Å²) in [5.41, 5.74) is 8.10. The van der Waals surface area contributed by atoms with Crippen molar-refractivity contribution in [2.45, 2.75) is 19.3 Å². The molecule has 0 spiro atoms. The Labute approximate surface area is 162 Å². The standard InChI is InChI=1S/C19H22N8O/c1-5-12(11-27(4)21)16-25-17(26-28-16)19(2,3)14-6-7-15(22-10-14)13-8-23-18(20)24-9-13/h5-11H,1,21H2,2-4H3,(H2,20,23,24)/b12-11+. The molecule has 4 N–H and O–H groups in total. The first-order valence-corrected chi connectivity index (χ1v) is 8.52. The van der Waals surface area contributed by atoms with Crippen LogP contribution in [0, 0.1) is 0 Å². The van der Waals surface area contributed by atoms with E-state index in [0.29, 0.717) is 17.3 Å². The molecular formula is C19H22N8O. The number of nitrogens with two attached hydrogens (primary N) is 2. The van der Waals surface area contributed by atoms with Gasteiger partial charge in [-0.25, -0.2) is 15.8 Å². The smallest absolute Gasteiger partial charge is 0.259 e. The lowest BCUT2D eigenvalue weighted by molar-refractivity contribution is 0.388. The topological polar surface area (TPSA) is 133 Å². The fraction of sp³-hybridized carbons (Fsp3) is 0.211. The van der Waals surface area contributed by atoms with Crippen molar-refractivity contribution >= 4 is 11.5 Å². The van der Waals surface area contributed by atoms with Crippen LogP contribution in [0.5, 0.6) is 0 Å². The summed E-state index contributed by atoms with van der Waals surface area (Å²) in [6.45, 7) is 7.75. The van der Waals surface area contributed by atoms with Gasteiger partial charge in [0.1, 0.15) is 0 Å². The van der Waals surface area contributed by atoms with E-state index in [2.05, 4.69) is 31.7 Å². The summed E-state index contributed by atoms with van der Waals surface area (Å²) in [7, 11) is 1.70. The molecule has 0 radical (unpaired) electrons. The second kappa shape index (κ2) is 7.57. The highest BCUT2D eigenvalue weighted by molar-refractivity contribution is 5.67. The third-order valence-electron chi connectivity index (χ3n) is 4.25. The molecule has 0 aromatic carbocycles. The van der Waals surface area contributed by atoms with Gasteiger partial charge in [-0.05, 0) is 25.5 Å². The van der Waals surface area contributed by atoms with E-state index in [1.54, 1.807) is 37.9 Å². The van der Waals surface area contributed by atoms with Crippen molar-refractivity contribution in [3.63, 3.8) is 0 Å². The molecule has 0 bridgehead atoms. The van der Waals surface area contributed by atoms with E-state index in [1.165, 1.54) is 5.01 Å². The molecule has 3 rings (SSSR count). The minimum Gasteiger partial charge on any atom is -0.368 e. The van der Waals surface area contributed by atoms with Crippen molar-refractivity contribution in [3.05, 3.63) is 66.9 Å². The number of hydrogen-bond donors (Lipinski definition) is 2. The van der Waals surface area contributed by atoms with E-state index in [1.807, 2.05) is 26.0 Å². The second-order valence-electron chi connectivity index (χ2n) is 6.76. The zero-order valence-corrected chi connectivity index (χ0v) is 16.0. The van der Waals surface area contributed by atoms with E-state index in [9.17, 15) is 0 Å². The molecule has 9 heteroatoms. The summed E-state index contributed by atoms with van der Waals surface area (Å²) >= 11 is 0. The van der Waals surface area contributed by atoms with Crippen molar-refractivity contribution < 1.29 is 4.52 Å². The monoisotopic (exact) mass is 378 g/mol. The minimum atomic E-state index is -0.522. The first kappa shape index (κ1) is 19.2. The average Bonchev–Trinajstić information content (AvgIpc) is 3.17. The number of nitrogen functional groups attached to an aromatic ring is 1. The molecule has 3 aromatic rings. The van der Waals surface area contributed by atoms with Crippen LogP contribution in [0.15, 0.2) is 54.1 Å². The molecule has 144 valence electrons. The second-order valence-corrected chi connectivity index (χ2v) is 6.76. The average molecular weight is 378 g/mol. The van der Waals surface area contributed by atoms with Gasteiger partial charge in [-0.15, -0.1) is 0 Å². The lowest BCUT2D eigenvalue weighted by Gasteiger charge is -2.20. The number of allylic oxidation sites excluding steroid dienone is 2. The number of pyridine rings is 1. The number of hydrazine groups is 1. The van der Waals surface area contributed by atoms with Crippen molar-refractivity contribution in [1.29, 1.82) is 0 Å². The molecule has 0 saturated heterocycles. The number of aromatic nitrogens is 5. The predicted octanol–water partition coefficient (Wildman–Crippen LogP) is 2.16. The van der Waals surface area contributed by atoms with Crippen LogP contribution in [0.25, 0.3) is 16.8 Å². The van der Waals surface area contributed by atoms with Crippen molar-refractivity contribution in [3.8, 4) is 11.3 Å². The van der Waals surface area contributed by atoms with Crippen molar-refractivity contribution in [2.75, 3.05) is 12.8 Å². The van der Waals surface area contributed by atoms with Gasteiger partial charge in [0.05, 0.1) is 16.7 Å². The third-order valence-corrected chi connectivity index (χ3v) is 4.25. The van der Waals surface area contributed by atoms with Crippen LogP contribution in [-0.2, 0) is 5.41 Å². The summed E-state index contributed by atoms with van der Waals surface area (Å²) in [6, 6.07) is 3.86. The lowest BCUT2D eigenvalue weighted by atomic mass is 9.85. The first-order valence-electron chi connectivity index (χ1n) is 8.52. The summed E-state index contributed by atoms with van der Waals surface area (Å²) < 4.78 is 5.40. The van der Waals surface area contributed by atoms with Gasteiger partial charge >= 0.3 is 0 Å². The minimum absolute atomic E-state index is 0.225. The third kappa shape index (κ3) is 3.89. The Hall–Kier alpha value is -3.59. The van der Waals surface area contributed by atoms with Crippen molar-refractivity contribution in [2.24, 2.45) is 5.84 Å². The maximum atomic E-state index is 5.66. The first-order chi connectivity index (χ1) is 13.3. The van der Waals surface area contributed by atoms with Crippen molar-refractivity contribution in [1.82, 2.24) is 30.1 Å². The summed E-state index contributed by atoms with van der Waals surface area (Å²) in [5.74, 6) is 6.75. The molecule has 3 aromatic heterocycles. The predicted molar refractivity (Wildman–Crippen MR) is 106 cm³/mol. The molecule has 3 heterocycles. The van der Waals surface area contributed by atoms with E-state index in [-0.39, 0.29) is 5.95 Å². The molecule has 28 heavy (non-hydrogen) atoms. The van der Waals surface area contributed by atoms with Crippen LogP contribution in [0.4, 0.5) is 5.95 Å². The summed E-state index contributed by atoms with van der Waals surface area (Å²) in [6.07, 6.45) is 8.32. The normalized spacial score (nSPS) is 12.1. The van der Waals surface area contributed by atoms with Gasteiger partial charge in [-0.2, -0.15) is 4.98 Å². The van der Waals surface area contributed by atoms with Crippen LogP contribution in [0.3, 0.4) is 0 Å². The number of nitrogens with zero attached hydrogens (tertiary/aromatic N) is 6. The van der Waals surface area contributed by atoms with Gasteiger partial charge in [0.2, 0.25) is 5.95 Å². The van der Waals surface area contributed by atoms with Gasteiger partial charge in [0.25, 0.3) is 5.89 Å². The molecule has 0 aliphatic rings. The van der Waals surface area contributed by atoms with Crippen LogP contribution < -0.4 is 11.6 Å². The van der Waals surface area contributed by atoms with Crippen LogP contribution in [0.2, 0.25) is 0 Å². The zero-order chi connectivity index (χ0) is 20.3. The summed E-state index contributed by atoms with van der Waals surface area (Å²) in [4.78, 5) is 17.0. The Balaban J connectivity index is 1.88. The van der Waals surface area contributed by atoms with Crippen LogP contribution in [-0.4, -0.2) is 37.1 Å². The number of rotatable bonds is 6. The maximum absolute atomic E-state index is 5.66. The molecule has 0 saturated carbocycles. The highest BCUT2D eigenvalue weighted by atomic mass is 16.5. The highest BCUT2D eigenvalue weighted by Crippen LogP contribution is 2.31. The Morgan fingerprint density at radius 3 is 2.46 bits per heavy atom. The Kier molecular flexibility index (Phi) is 5.18. The molecular weight excluding hydrogens is 356 g/mol. The van der Waals surface area contributed by atoms with Gasteiger partial charge in [-0.1, -0.05) is 23.9 Å². The van der Waals surface area contributed by atoms with E-state index in [4.69, 9.17) is 16.1 Å². The van der Waals surface area contributed by atoms with Gasteiger partial charge in [0.15, 0.2) is 5.82 Å². The fourth-order valence-electron chi connectivity index (χ4n) is 2.54. The van der Waals surface area contributed by atoms with E-state index < -0.39 is 5.41 Å². The zero-order valence-electron chi connectivity index (χ0n) is 16.0. The summed E-state index contributed by atoms with van der Waals surface area (Å²) in [5, 5.41) is 5.53. The molecule has 0 fully saturated rings. The van der Waals surface area contributed by atoms with Crippen LogP contribution >= 0.6 is 0 Å². The fourth-order valence-corrected chi connectivity index (χ4v) is 2.54. The molecule has 9 nitrogen and oxygen atoms in total. The van der Waals surface area contributed by atoms with Gasteiger partial charge in [0, 0.05) is 37.4 Å². The lowest BCUT2D eigenvalue weighted by Crippen LogP contribution is -2.21. The molecule has 0 aliphatic carbocycles. The number of anilines is 1. The Morgan fingerprint density at radius 1 is 1.18 bits per heavy atom. The van der Waals surface area contributed by atoms with Gasteiger partial charge < -0.3 is 15.3 Å². The maximum Gasteiger partial charge on any atom is 0.259 e. The van der Waals surface area contributed by atoms with E-state index >= 15 is 0 Å². The van der Waals surface area contributed by atoms with Gasteiger partial charge in [-0.3, -0.25) is 4.98 Å².